The monoisotopic (exact) mass is 282 g/mol. The van der Waals surface area contributed by atoms with Gasteiger partial charge in [0.1, 0.15) is 11.6 Å². The van der Waals surface area contributed by atoms with E-state index in [4.69, 9.17) is 4.74 Å². The molecule has 4 unspecified atom stereocenters. The molecule has 0 spiro atoms. The smallest absolute Gasteiger partial charge is 0.246 e. The van der Waals surface area contributed by atoms with Gasteiger partial charge in [0.05, 0.1) is 12.2 Å². The van der Waals surface area contributed by atoms with Gasteiger partial charge in [0, 0.05) is 6.54 Å². The van der Waals surface area contributed by atoms with Crippen LogP contribution in [0.4, 0.5) is 0 Å². The number of hydrogen-bond donors (Lipinski definition) is 1. The number of nitrogens with zero attached hydrogens (tertiary/aromatic N) is 1. The van der Waals surface area contributed by atoms with Crippen LogP contribution >= 0.6 is 0 Å². The minimum Gasteiger partial charge on any atom is -0.373 e. The van der Waals surface area contributed by atoms with Crippen molar-refractivity contribution in [2.45, 2.75) is 77.2 Å². The lowest BCUT2D eigenvalue weighted by Crippen LogP contribution is -2.70. The highest BCUT2D eigenvalue weighted by molar-refractivity contribution is 5.99. The van der Waals surface area contributed by atoms with Crippen molar-refractivity contribution < 1.29 is 14.3 Å². The molecule has 4 atom stereocenters. The van der Waals surface area contributed by atoms with Gasteiger partial charge in [-0.1, -0.05) is 13.8 Å². The van der Waals surface area contributed by atoms with Crippen molar-refractivity contribution in [3.63, 3.8) is 0 Å². The molecule has 2 heterocycles. The van der Waals surface area contributed by atoms with Crippen LogP contribution in [0.25, 0.3) is 0 Å². The van der Waals surface area contributed by atoms with Crippen LogP contribution in [-0.2, 0) is 14.3 Å². The van der Waals surface area contributed by atoms with E-state index in [1.165, 1.54) is 0 Å². The van der Waals surface area contributed by atoms with Gasteiger partial charge in [0.15, 0.2) is 0 Å². The number of rotatable bonds is 4. The second-order valence-corrected chi connectivity index (χ2v) is 6.16. The summed E-state index contributed by atoms with van der Waals surface area (Å²) >= 11 is 0. The maximum absolute atomic E-state index is 12.6. The van der Waals surface area contributed by atoms with Crippen molar-refractivity contribution in [1.82, 2.24) is 10.2 Å². The number of carbonyl (C=O) groups is 2. The molecule has 5 nitrogen and oxygen atoms in total. The summed E-state index contributed by atoms with van der Waals surface area (Å²) in [5.74, 6) is -0.0166. The average molecular weight is 282 g/mol. The highest BCUT2D eigenvalue weighted by atomic mass is 16.5. The van der Waals surface area contributed by atoms with Gasteiger partial charge in [-0.05, 0) is 39.5 Å². The quantitative estimate of drug-likeness (QED) is 0.849. The van der Waals surface area contributed by atoms with Gasteiger partial charge >= 0.3 is 0 Å². The van der Waals surface area contributed by atoms with Crippen LogP contribution in [0, 0.1) is 0 Å². The molecule has 2 amide bonds. The van der Waals surface area contributed by atoms with Crippen molar-refractivity contribution in [2.75, 3.05) is 6.54 Å². The molecule has 2 aliphatic rings. The van der Waals surface area contributed by atoms with E-state index >= 15 is 0 Å². The van der Waals surface area contributed by atoms with Gasteiger partial charge in [-0.3, -0.25) is 9.59 Å². The largest absolute Gasteiger partial charge is 0.373 e. The van der Waals surface area contributed by atoms with E-state index in [2.05, 4.69) is 12.2 Å². The Hall–Kier alpha value is -1.10. The van der Waals surface area contributed by atoms with Crippen molar-refractivity contribution in [3.05, 3.63) is 0 Å². The molecule has 0 aromatic rings. The highest BCUT2D eigenvalue weighted by Gasteiger charge is 2.48. The van der Waals surface area contributed by atoms with Gasteiger partial charge in [-0.15, -0.1) is 0 Å². The number of ether oxygens (including phenoxy) is 1. The second kappa shape index (κ2) is 5.72. The first-order valence-corrected chi connectivity index (χ1v) is 7.70. The fourth-order valence-corrected chi connectivity index (χ4v) is 3.07. The van der Waals surface area contributed by atoms with Crippen molar-refractivity contribution >= 4 is 11.8 Å². The fourth-order valence-electron chi connectivity index (χ4n) is 3.07. The topological polar surface area (TPSA) is 58.6 Å². The summed E-state index contributed by atoms with van der Waals surface area (Å²) in [6.07, 6.45) is 3.54. The van der Waals surface area contributed by atoms with Gasteiger partial charge in [-0.25, -0.2) is 0 Å². The van der Waals surface area contributed by atoms with Gasteiger partial charge < -0.3 is 15.0 Å². The summed E-state index contributed by atoms with van der Waals surface area (Å²) in [5, 5.41) is 2.85. The number of piperazine rings is 1. The lowest BCUT2D eigenvalue weighted by atomic mass is 9.89. The molecule has 0 saturated carbocycles. The van der Waals surface area contributed by atoms with Crippen molar-refractivity contribution in [3.8, 4) is 0 Å². The zero-order valence-electron chi connectivity index (χ0n) is 12.9. The van der Waals surface area contributed by atoms with Gasteiger partial charge in [0.2, 0.25) is 11.8 Å². The third-order valence-electron chi connectivity index (χ3n) is 4.76. The normalized spacial score (nSPS) is 38.2. The number of nitrogens with one attached hydrogen (secondary N) is 1. The average Bonchev–Trinajstić information content (AvgIpc) is 2.84. The molecule has 114 valence electrons. The maximum Gasteiger partial charge on any atom is 0.246 e. The second-order valence-electron chi connectivity index (χ2n) is 6.16. The molecule has 20 heavy (non-hydrogen) atoms. The van der Waals surface area contributed by atoms with Crippen LogP contribution in [0.1, 0.15) is 53.4 Å². The SMILES string of the molecule is CCC1NC(=O)C(C)(CC)N(CC2CCC(C)O2)C1=O. The summed E-state index contributed by atoms with van der Waals surface area (Å²) < 4.78 is 5.83. The standard InChI is InChI=1S/C15H26N2O3/c1-5-12-13(18)17(9-11-8-7-10(3)20-11)15(4,6-2)14(19)16-12/h10-12H,5-9H2,1-4H3,(H,16,19). The summed E-state index contributed by atoms with van der Waals surface area (Å²) in [7, 11) is 0. The number of carbonyl (C=O) groups excluding carboxylic acids is 2. The van der Waals surface area contributed by atoms with Crippen molar-refractivity contribution in [1.29, 1.82) is 0 Å². The van der Waals surface area contributed by atoms with Crippen LogP contribution in [0.2, 0.25) is 0 Å². The first-order chi connectivity index (χ1) is 9.42. The van der Waals surface area contributed by atoms with Crippen molar-refractivity contribution in [2.24, 2.45) is 0 Å². The Morgan fingerprint density at radius 3 is 2.55 bits per heavy atom. The van der Waals surface area contributed by atoms with Crippen LogP contribution in [-0.4, -0.2) is 47.0 Å². The molecular formula is C15H26N2O3. The third-order valence-corrected chi connectivity index (χ3v) is 4.76. The number of hydrogen-bond acceptors (Lipinski definition) is 3. The Morgan fingerprint density at radius 2 is 2.05 bits per heavy atom. The van der Waals surface area contributed by atoms with Crippen LogP contribution in [0.15, 0.2) is 0 Å². The Labute approximate surface area is 121 Å². The molecular weight excluding hydrogens is 256 g/mol. The van der Waals surface area contributed by atoms with E-state index in [9.17, 15) is 9.59 Å². The molecule has 0 aromatic heterocycles. The van der Waals surface area contributed by atoms with E-state index in [0.717, 1.165) is 12.8 Å². The molecule has 2 aliphatic heterocycles. The lowest BCUT2D eigenvalue weighted by Gasteiger charge is -2.46. The minimum absolute atomic E-state index is 0.0274. The number of amides is 2. The summed E-state index contributed by atoms with van der Waals surface area (Å²) in [6.45, 7) is 8.30. The zero-order chi connectivity index (χ0) is 14.9. The molecule has 0 aliphatic carbocycles. The summed E-state index contributed by atoms with van der Waals surface area (Å²) in [6, 6.07) is -0.388. The molecule has 5 heteroatoms. The molecule has 0 radical (unpaired) electrons. The minimum atomic E-state index is -0.752. The molecule has 2 fully saturated rings. The van der Waals surface area contributed by atoms with Gasteiger partial charge in [-0.2, -0.15) is 0 Å². The van der Waals surface area contributed by atoms with Crippen LogP contribution in [0.3, 0.4) is 0 Å². The Bertz CT molecular complexity index is 399. The van der Waals surface area contributed by atoms with Gasteiger partial charge in [0.25, 0.3) is 0 Å². The van der Waals surface area contributed by atoms with Crippen LogP contribution in [0.5, 0.6) is 0 Å². The third kappa shape index (κ3) is 2.55. The Balaban J connectivity index is 2.19. The van der Waals surface area contributed by atoms with E-state index in [1.54, 1.807) is 4.90 Å². The Morgan fingerprint density at radius 1 is 1.35 bits per heavy atom. The molecule has 0 aromatic carbocycles. The molecule has 2 saturated heterocycles. The predicted octanol–water partition coefficient (Wildman–Crippen LogP) is 1.46. The van der Waals surface area contributed by atoms with E-state index in [0.29, 0.717) is 19.4 Å². The van der Waals surface area contributed by atoms with E-state index in [1.807, 2.05) is 20.8 Å². The maximum atomic E-state index is 12.6. The molecule has 2 rings (SSSR count). The first-order valence-electron chi connectivity index (χ1n) is 7.70. The van der Waals surface area contributed by atoms with E-state index < -0.39 is 5.54 Å². The first kappa shape index (κ1) is 15.3. The zero-order valence-corrected chi connectivity index (χ0v) is 12.9. The Kier molecular flexibility index (Phi) is 4.37. The van der Waals surface area contributed by atoms with E-state index in [-0.39, 0.29) is 30.1 Å². The predicted molar refractivity (Wildman–Crippen MR) is 76.2 cm³/mol. The summed E-state index contributed by atoms with van der Waals surface area (Å²) in [4.78, 5) is 26.7. The molecule has 1 N–H and O–H groups in total. The highest BCUT2D eigenvalue weighted by Crippen LogP contribution is 2.29. The molecule has 0 bridgehead atoms. The lowest BCUT2D eigenvalue weighted by molar-refractivity contribution is -0.159. The summed E-state index contributed by atoms with van der Waals surface area (Å²) in [5.41, 5.74) is -0.752. The fraction of sp³-hybridized carbons (Fsp3) is 0.867. The van der Waals surface area contributed by atoms with Crippen LogP contribution < -0.4 is 5.32 Å².